The summed E-state index contributed by atoms with van der Waals surface area (Å²) in [7, 11) is -4.41. The summed E-state index contributed by atoms with van der Waals surface area (Å²) in [4.78, 5) is 10.1. The minimum Gasteiger partial charge on any atom is -0.478 e. The van der Waals surface area contributed by atoms with Crippen LogP contribution in [0.2, 0.25) is 0 Å². The zero-order valence-electron chi connectivity index (χ0n) is 7.05. The largest absolute Gasteiger partial charge is 0.478 e. The van der Waals surface area contributed by atoms with Crippen LogP contribution in [-0.4, -0.2) is 24.0 Å². The van der Waals surface area contributed by atoms with Crippen LogP contribution in [0.4, 0.5) is 0 Å². The summed E-state index contributed by atoms with van der Waals surface area (Å²) in [6.45, 7) is 0. The van der Waals surface area contributed by atoms with Gasteiger partial charge in [0.1, 0.15) is 17.4 Å². The molecule has 1 rings (SSSR count). The smallest absolute Gasteiger partial charge is 0.339 e. The Balaban J connectivity index is 3.38. The lowest BCUT2D eigenvalue weighted by molar-refractivity contribution is 0.0695. The highest BCUT2D eigenvalue weighted by atomic mass is 35.5. The molecule has 15 heavy (non-hydrogen) atoms. The molecular formula is C7H5ClO6S. The van der Waals surface area contributed by atoms with Crippen molar-refractivity contribution in [2.75, 3.05) is 0 Å². The van der Waals surface area contributed by atoms with Crippen molar-refractivity contribution in [3.63, 3.8) is 0 Å². The molecule has 0 heterocycles. The first-order valence-electron chi connectivity index (χ1n) is 3.49. The Labute approximate surface area is 90.0 Å². The van der Waals surface area contributed by atoms with Crippen molar-refractivity contribution < 1.29 is 27.2 Å². The molecule has 0 unspecified atom stereocenters. The highest BCUT2D eigenvalue weighted by Crippen LogP contribution is 2.24. The lowest BCUT2D eigenvalue weighted by atomic mass is 10.2. The van der Waals surface area contributed by atoms with Gasteiger partial charge in [-0.25, -0.2) is 4.79 Å². The fourth-order valence-electron chi connectivity index (χ4n) is 0.904. The molecule has 0 amide bonds. The van der Waals surface area contributed by atoms with Crippen LogP contribution in [0, 0.1) is 0 Å². The number of carboxylic acid groups (broad SMARTS) is 1. The predicted octanol–water partition coefficient (Wildman–Crippen LogP) is 1.16. The molecule has 0 atom stereocenters. The molecule has 0 radical (unpaired) electrons. The summed E-state index contributed by atoms with van der Waals surface area (Å²) in [5.74, 6) is -1.69. The van der Waals surface area contributed by atoms with E-state index in [0.29, 0.717) is 0 Å². The van der Waals surface area contributed by atoms with Gasteiger partial charge in [-0.2, -0.15) is 8.42 Å². The van der Waals surface area contributed by atoms with Crippen molar-refractivity contribution in [1.82, 2.24) is 0 Å². The van der Waals surface area contributed by atoms with Gasteiger partial charge in [0.15, 0.2) is 5.75 Å². The lowest BCUT2D eigenvalue weighted by Gasteiger charge is -2.03. The van der Waals surface area contributed by atoms with Crippen molar-refractivity contribution in [2.24, 2.45) is 0 Å². The van der Waals surface area contributed by atoms with Gasteiger partial charge in [-0.3, -0.25) is 4.55 Å². The van der Waals surface area contributed by atoms with Gasteiger partial charge in [0.05, 0.1) is 4.90 Å². The minimum absolute atomic E-state index is 0.308. The second kappa shape index (κ2) is 4.05. The monoisotopic (exact) mass is 252 g/mol. The third-order valence-electron chi connectivity index (χ3n) is 1.56. The van der Waals surface area contributed by atoms with Gasteiger partial charge < -0.3 is 9.40 Å². The maximum absolute atomic E-state index is 10.7. The Morgan fingerprint density at radius 1 is 1.40 bits per heavy atom. The Morgan fingerprint density at radius 3 is 2.40 bits per heavy atom. The Bertz CT molecular complexity index is 494. The van der Waals surface area contributed by atoms with E-state index in [0.717, 1.165) is 18.2 Å². The summed E-state index contributed by atoms with van der Waals surface area (Å²) < 4.78 is 34.2. The number of rotatable bonds is 3. The van der Waals surface area contributed by atoms with Crippen molar-refractivity contribution in [3.05, 3.63) is 23.8 Å². The van der Waals surface area contributed by atoms with E-state index in [1.54, 1.807) is 0 Å². The van der Waals surface area contributed by atoms with Crippen LogP contribution in [0.1, 0.15) is 10.4 Å². The summed E-state index contributed by atoms with van der Waals surface area (Å²) in [6.07, 6.45) is 0. The molecule has 0 aliphatic carbocycles. The molecule has 0 saturated carbocycles. The number of hydrogen-bond acceptors (Lipinski definition) is 4. The number of halogens is 1. The van der Waals surface area contributed by atoms with E-state index in [1.165, 1.54) is 0 Å². The molecular weight excluding hydrogens is 248 g/mol. The molecule has 0 saturated heterocycles. The van der Waals surface area contributed by atoms with Gasteiger partial charge >= 0.3 is 5.97 Å². The molecule has 1 aromatic carbocycles. The first-order valence-corrected chi connectivity index (χ1v) is 5.24. The van der Waals surface area contributed by atoms with Crippen LogP contribution in [0.5, 0.6) is 5.75 Å². The van der Waals surface area contributed by atoms with E-state index in [1.807, 2.05) is 0 Å². The molecule has 82 valence electrons. The summed E-state index contributed by atoms with van der Waals surface area (Å²) >= 11 is 4.96. The molecule has 0 aliphatic rings. The molecule has 0 aliphatic heterocycles. The van der Waals surface area contributed by atoms with E-state index in [4.69, 9.17) is 21.5 Å². The standard InChI is InChI=1S/C7H5ClO6S/c8-14-6-3-4(15(11,12)13)1-2-5(6)7(9)10/h1-3H,(H,9,10)(H,11,12,13). The van der Waals surface area contributed by atoms with Gasteiger partial charge in [0.2, 0.25) is 0 Å². The first kappa shape index (κ1) is 11.8. The van der Waals surface area contributed by atoms with Gasteiger partial charge in [-0.05, 0) is 12.1 Å². The van der Waals surface area contributed by atoms with Crippen molar-refractivity contribution in [2.45, 2.75) is 4.90 Å². The second-order valence-corrected chi connectivity index (χ2v) is 4.09. The van der Waals surface area contributed by atoms with E-state index < -0.39 is 21.0 Å². The molecule has 0 spiro atoms. The van der Waals surface area contributed by atoms with Gasteiger partial charge in [-0.15, -0.1) is 0 Å². The van der Waals surface area contributed by atoms with Crippen molar-refractivity contribution in [1.29, 1.82) is 0 Å². The normalized spacial score (nSPS) is 11.1. The maximum Gasteiger partial charge on any atom is 0.339 e. The van der Waals surface area contributed by atoms with Crippen LogP contribution < -0.4 is 4.29 Å². The summed E-state index contributed by atoms with van der Waals surface area (Å²) in [5, 5.41) is 8.64. The minimum atomic E-state index is -4.41. The Hall–Kier alpha value is -1.31. The Kier molecular flexibility index (Phi) is 3.18. The number of carboxylic acids is 1. The third-order valence-corrected chi connectivity index (χ3v) is 2.58. The predicted molar refractivity (Wildman–Crippen MR) is 49.7 cm³/mol. The molecule has 6 nitrogen and oxygen atoms in total. The SMILES string of the molecule is O=C(O)c1ccc(S(=O)(=O)O)cc1OCl. The molecule has 8 heteroatoms. The van der Waals surface area contributed by atoms with Crippen molar-refractivity contribution in [3.8, 4) is 5.75 Å². The zero-order valence-corrected chi connectivity index (χ0v) is 8.62. The topological polar surface area (TPSA) is 101 Å². The molecule has 1 aromatic rings. The quantitative estimate of drug-likeness (QED) is 0.783. The van der Waals surface area contributed by atoms with Crippen LogP contribution >= 0.6 is 11.9 Å². The number of aromatic carboxylic acids is 1. The number of benzene rings is 1. The number of carbonyl (C=O) groups is 1. The van der Waals surface area contributed by atoms with E-state index in [2.05, 4.69) is 4.29 Å². The summed E-state index contributed by atoms with van der Waals surface area (Å²) in [6, 6.07) is 2.70. The fraction of sp³-hybridized carbons (Fsp3) is 0. The molecule has 0 bridgehead atoms. The molecule has 0 fully saturated rings. The third kappa shape index (κ3) is 2.58. The van der Waals surface area contributed by atoms with Crippen molar-refractivity contribution >= 4 is 28.0 Å². The van der Waals surface area contributed by atoms with Crippen LogP contribution in [0.25, 0.3) is 0 Å². The van der Waals surface area contributed by atoms with E-state index >= 15 is 0 Å². The van der Waals surface area contributed by atoms with Gasteiger partial charge in [-0.1, -0.05) is 0 Å². The van der Waals surface area contributed by atoms with Crippen LogP contribution in [0.15, 0.2) is 23.1 Å². The van der Waals surface area contributed by atoms with Crippen LogP contribution in [0.3, 0.4) is 0 Å². The van der Waals surface area contributed by atoms with Crippen LogP contribution in [-0.2, 0) is 10.1 Å². The fourth-order valence-corrected chi connectivity index (χ4v) is 1.53. The second-order valence-electron chi connectivity index (χ2n) is 2.52. The summed E-state index contributed by atoms with van der Waals surface area (Å²) in [5.41, 5.74) is -0.308. The van der Waals surface area contributed by atoms with Gasteiger partial charge in [0, 0.05) is 6.07 Å². The highest BCUT2D eigenvalue weighted by Gasteiger charge is 2.17. The molecule has 2 N–H and O–H groups in total. The highest BCUT2D eigenvalue weighted by molar-refractivity contribution is 7.85. The first-order chi connectivity index (χ1) is 6.86. The Morgan fingerprint density at radius 2 is 2.00 bits per heavy atom. The molecule has 0 aromatic heterocycles. The van der Waals surface area contributed by atoms with E-state index in [-0.39, 0.29) is 11.3 Å². The lowest BCUT2D eigenvalue weighted by Crippen LogP contribution is -2.02. The average Bonchev–Trinajstić information content (AvgIpc) is 2.15. The zero-order chi connectivity index (χ0) is 11.6. The number of hydrogen-bond donors (Lipinski definition) is 2. The van der Waals surface area contributed by atoms with Gasteiger partial charge in [0.25, 0.3) is 10.1 Å². The van der Waals surface area contributed by atoms with E-state index in [9.17, 15) is 13.2 Å². The average molecular weight is 253 g/mol. The maximum atomic E-state index is 10.7.